The number of benzene rings is 2. The van der Waals surface area contributed by atoms with Crippen molar-refractivity contribution in [2.45, 2.75) is 12.6 Å². The highest BCUT2D eigenvalue weighted by atomic mass is 16.6. The first-order valence-corrected chi connectivity index (χ1v) is 7.39. The summed E-state index contributed by atoms with van der Waals surface area (Å²) in [6, 6.07) is 11.7. The van der Waals surface area contributed by atoms with Crippen molar-refractivity contribution in [1.82, 2.24) is 5.32 Å². The number of methoxy groups -OCH3 is 2. The second-order valence-corrected chi connectivity index (χ2v) is 5.15. The Labute approximate surface area is 140 Å². The van der Waals surface area contributed by atoms with E-state index in [1.54, 1.807) is 43.5 Å². The number of rotatable bonds is 8. The van der Waals surface area contributed by atoms with Gasteiger partial charge in [-0.25, -0.2) is 0 Å². The lowest BCUT2D eigenvalue weighted by Crippen LogP contribution is -2.21. The van der Waals surface area contributed by atoms with Gasteiger partial charge in [-0.3, -0.25) is 10.1 Å². The Morgan fingerprint density at radius 2 is 1.88 bits per heavy atom. The van der Waals surface area contributed by atoms with Gasteiger partial charge in [-0.2, -0.15) is 0 Å². The average Bonchev–Trinajstić information content (AvgIpc) is 2.61. The van der Waals surface area contributed by atoms with E-state index >= 15 is 0 Å². The zero-order chi connectivity index (χ0) is 17.5. The molecule has 1 atom stereocenters. The number of nitrogens with one attached hydrogen (secondary N) is 1. The van der Waals surface area contributed by atoms with Crippen LogP contribution in [0.4, 0.5) is 5.69 Å². The topological polar surface area (TPSA) is 93.9 Å². The van der Waals surface area contributed by atoms with Gasteiger partial charge in [0.2, 0.25) is 0 Å². The summed E-state index contributed by atoms with van der Waals surface area (Å²) in [4.78, 5) is 10.6. The molecule has 0 saturated heterocycles. The van der Waals surface area contributed by atoms with Crippen molar-refractivity contribution in [2.24, 2.45) is 0 Å². The highest BCUT2D eigenvalue weighted by Gasteiger charge is 2.14. The van der Waals surface area contributed by atoms with Crippen LogP contribution < -0.4 is 14.8 Å². The molecule has 0 bridgehead atoms. The molecule has 0 aromatic heterocycles. The van der Waals surface area contributed by atoms with Crippen molar-refractivity contribution in [3.05, 3.63) is 63.7 Å². The molecule has 0 aliphatic heterocycles. The smallest absolute Gasteiger partial charge is 0.273 e. The van der Waals surface area contributed by atoms with Gasteiger partial charge < -0.3 is 19.9 Å². The predicted molar refractivity (Wildman–Crippen MR) is 89.3 cm³/mol. The zero-order valence-corrected chi connectivity index (χ0v) is 13.6. The Morgan fingerprint density at radius 1 is 1.17 bits per heavy atom. The van der Waals surface area contributed by atoms with E-state index in [0.29, 0.717) is 29.2 Å². The SMILES string of the molecule is COc1ccc(C(O)CNCc2ccccc2[N+](=O)[O-])cc1OC. The van der Waals surface area contributed by atoms with Gasteiger partial charge in [0.25, 0.3) is 5.69 Å². The second-order valence-electron chi connectivity index (χ2n) is 5.15. The summed E-state index contributed by atoms with van der Waals surface area (Å²) in [5, 5.41) is 24.3. The third-order valence-corrected chi connectivity index (χ3v) is 3.63. The Hall–Kier alpha value is -2.64. The van der Waals surface area contributed by atoms with Crippen LogP contribution in [0.25, 0.3) is 0 Å². The van der Waals surface area contributed by atoms with Crippen molar-refractivity contribution in [3.63, 3.8) is 0 Å². The van der Waals surface area contributed by atoms with E-state index in [2.05, 4.69) is 5.32 Å². The number of nitro benzene ring substituents is 1. The van der Waals surface area contributed by atoms with Crippen LogP contribution in [0.5, 0.6) is 11.5 Å². The molecule has 7 heteroatoms. The fourth-order valence-corrected chi connectivity index (χ4v) is 2.36. The first-order valence-electron chi connectivity index (χ1n) is 7.39. The summed E-state index contributed by atoms with van der Waals surface area (Å²) in [5.41, 5.74) is 1.30. The van der Waals surface area contributed by atoms with E-state index < -0.39 is 11.0 Å². The summed E-state index contributed by atoms with van der Waals surface area (Å²) in [6.07, 6.45) is -0.771. The molecule has 0 aliphatic rings. The lowest BCUT2D eigenvalue weighted by Gasteiger charge is -2.15. The van der Waals surface area contributed by atoms with Gasteiger partial charge in [-0.05, 0) is 17.7 Å². The molecular weight excluding hydrogens is 312 g/mol. The Balaban J connectivity index is 1.99. The number of aliphatic hydroxyl groups excluding tert-OH is 1. The van der Waals surface area contributed by atoms with Crippen molar-refractivity contribution in [3.8, 4) is 11.5 Å². The number of hydrogen-bond acceptors (Lipinski definition) is 6. The maximum absolute atomic E-state index is 11.0. The van der Waals surface area contributed by atoms with Crippen LogP contribution in [0.15, 0.2) is 42.5 Å². The minimum atomic E-state index is -0.771. The molecule has 0 radical (unpaired) electrons. The largest absolute Gasteiger partial charge is 0.493 e. The standard InChI is InChI=1S/C17H20N2O5/c1-23-16-8-7-12(9-17(16)24-2)15(20)11-18-10-13-5-3-4-6-14(13)19(21)22/h3-9,15,18,20H,10-11H2,1-2H3. The van der Waals surface area contributed by atoms with Gasteiger partial charge >= 0.3 is 0 Å². The van der Waals surface area contributed by atoms with Crippen LogP contribution in [-0.4, -0.2) is 30.8 Å². The van der Waals surface area contributed by atoms with E-state index in [1.807, 2.05) is 0 Å². The number of ether oxygens (including phenoxy) is 2. The molecule has 0 amide bonds. The van der Waals surface area contributed by atoms with Crippen LogP contribution in [-0.2, 0) is 6.54 Å². The molecule has 0 saturated carbocycles. The first-order chi connectivity index (χ1) is 11.6. The molecule has 0 spiro atoms. The summed E-state index contributed by atoms with van der Waals surface area (Å²) < 4.78 is 10.4. The molecule has 7 nitrogen and oxygen atoms in total. The summed E-state index contributed by atoms with van der Waals surface area (Å²) >= 11 is 0. The van der Waals surface area contributed by atoms with Crippen LogP contribution in [0.3, 0.4) is 0 Å². The van der Waals surface area contributed by atoms with E-state index in [0.717, 1.165) is 0 Å². The molecule has 128 valence electrons. The van der Waals surface area contributed by atoms with E-state index in [1.165, 1.54) is 13.2 Å². The fraction of sp³-hybridized carbons (Fsp3) is 0.294. The van der Waals surface area contributed by atoms with Gasteiger partial charge in [-0.1, -0.05) is 24.3 Å². The van der Waals surface area contributed by atoms with Crippen LogP contribution in [0.2, 0.25) is 0 Å². The monoisotopic (exact) mass is 332 g/mol. The minimum absolute atomic E-state index is 0.0607. The summed E-state index contributed by atoms with van der Waals surface area (Å²) in [5.74, 6) is 1.12. The number of hydrogen-bond donors (Lipinski definition) is 2. The lowest BCUT2D eigenvalue weighted by atomic mass is 10.1. The summed E-state index contributed by atoms with van der Waals surface area (Å²) in [6.45, 7) is 0.545. The van der Waals surface area contributed by atoms with Crippen molar-refractivity contribution in [2.75, 3.05) is 20.8 Å². The highest BCUT2D eigenvalue weighted by Crippen LogP contribution is 2.29. The number of nitro groups is 1. The quantitative estimate of drug-likeness (QED) is 0.569. The number of nitrogens with zero attached hydrogens (tertiary/aromatic N) is 1. The fourth-order valence-electron chi connectivity index (χ4n) is 2.36. The Kier molecular flexibility index (Phi) is 6.11. The van der Waals surface area contributed by atoms with Crippen LogP contribution >= 0.6 is 0 Å². The van der Waals surface area contributed by atoms with E-state index in [-0.39, 0.29) is 12.2 Å². The molecule has 0 heterocycles. The third kappa shape index (κ3) is 4.21. The normalized spacial score (nSPS) is 11.8. The summed E-state index contributed by atoms with van der Waals surface area (Å²) in [7, 11) is 3.07. The third-order valence-electron chi connectivity index (χ3n) is 3.63. The predicted octanol–water partition coefficient (Wildman–Crippen LogP) is 2.44. The zero-order valence-electron chi connectivity index (χ0n) is 13.6. The molecule has 24 heavy (non-hydrogen) atoms. The van der Waals surface area contributed by atoms with Crippen molar-refractivity contribution < 1.29 is 19.5 Å². The molecule has 0 aliphatic carbocycles. The van der Waals surface area contributed by atoms with Crippen molar-refractivity contribution >= 4 is 5.69 Å². The van der Waals surface area contributed by atoms with Gasteiger partial charge in [0.1, 0.15) is 0 Å². The maximum atomic E-state index is 11.0. The molecule has 2 rings (SSSR count). The van der Waals surface area contributed by atoms with Gasteiger partial charge in [0.05, 0.1) is 25.2 Å². The lowest BCUT2D eigenvalue weighted by molar-refractivity contribution is -0.385. The number of aliphatic hydroxyl groups is 1. The molecule has 1 unspecified atom stereocenters. The molecule has 0 fully saturated rings. The van der Waals surface area contributed by atoms with E-state index in [9.17, 15) is 15.2 Å². The second kappa shape index (κ2) is 8.28. The van der Waals surface area contributed by atoms with Crippen molar-refractivity contribution in [1.29, 1.82) is 0 Å². The minimum Gasteiger partial charge on any atom is -0.493 e. The maximum Gasteiger partial charge on any atom is 0.273 e. The van der Waals surface area contributed by atoms with Crippen LogP contribution in [0, 0.1) is 10.1 Å². The Morgan fingerprint density at radius 3 is 2.54 bits per heavy atom. The molecule has 2 N–H and O–H groups in total. The molecular formula is C17H20N2O5. The van der Waals surface area contributed by atoms with Crippen LogP contribution in [0.1, 0.15) is 17.2 Å². The Bertz CT molecular complexity index is 705. The van der Waals surface area contributed by atoms with Gasteiger partial charge in [0.15, 0.2) is 11.5 Å². The molecule has 2 aromatic rings. The van der Waals surface area contributed by atoms with Gasteiger partial charge in [0, 0.05) is 24.7 Å². The van der Waals surface area contributed by atoms with Gasteiger partial charge in [-0.15, -0.1) is 0 Å². The molecule has 2 aromatic carbocycles. The van der Waals surface area contributed by atoms with E-state index in [4.69, 9.17) is 9.47 Å². The average molecular weight is 332 g/mol. The highest BCUT2D eigenvalue weighted by molar-refractivity contribution is 5.43. The first kappa shape index (κ1) is 17.7. The number of para-hydroxylation sites is 1.